The predicted octanol–water partition coefficient (Wildman–Crippen LogP) is 4.69. The van der Waals surface area contributed by atoms with Gasteiger partial charge in [0.05, 0.1) is 5.69 Å². The summed E-state index contributed by atoms with van der Waals surface area (Å²) < 4.78 is 6.56. The molecule has 4 amide bonds. The Morgan fingerprint density at radius 3 is 2.23 bits per heavy atom. The Morgan fingerprint density at radius 1 is 0.871 bits per heavy atom. The van der Waals surface area contributed by atoms with E-state index in [1.54, 1.807) is 48.5 Å². The van der Waals surface area contributed by atoms with Crippen LogP contribution in [-0.2, 0) is 16.2 Å². The van der Waals surface area contributed by atoms with Crippen LogP contribution in [0.2, 0.25) is 0 Å². The molecule has 1 saturated heterocycles. The van der Waals surface area contributed by atoms with E-state index >= 15 is 0 Å². The number of nitrogens with zero attached hydrogens (tertiary/aromatic N) is 1. The van der Waals surface area contributed by atoms with Crippen molar-refractivity contribution in [1.82, 2.24) is 5.32 Å². The normalized spacial score (nSPS) is 15.2. The number of imide groups is 2. The average Bonchev–Trinajstić information content (AvgIpc) is 2.78. The van der Waals surface area contributed by atoms with Gasteiger partial charge >= 0.3 is 6.03 Å². The zero-order valence-corrected chi connectivity index (χ0v) is 17.8. The Labute approximate surface area is 187 Å². The van der Waals surface area contributed by atoms with Gasteiger partial charge in [-0.2, -0.15) is 0 Å². The third kappa shape index (κ3) is 4.73. The molecular weight excluding hydrogens is 460 g/mol. The number of hydrogen-bond donors (Lipinski definition) is 1. The molecule has 1 heterocycles. The highest BCUT2D eigenvalue weighted by Crippen LogP contribution is 2.24. The van der Waals surface area contributed by atoms with Crippen molar-refractivity contribution in [2.75, 3.05) is 4.90 Å². The summed E-state index contributed by atoms with van der Waals surface area (Å²) in [6.07, 6.45) is 1.46. The summed E-state index contributed by atoms with van der Waals surface area (Å²) in [5.74, 6) is -0.745. The summed E-state index contributed by atoms with van der Waals surface area (Å²) in [5, 5.41) is 2.22. The van der Waals surface area contributed by atoms with E-state index in [0.717, 1.165) is 14.9 Å². The number of ether oxygens (including phenoxy) is 1. The minimum atomic E-state index is -0.779. The van der Waals surface area contributed by atoms with Crippen molar-refractivity contribution < 1.29 is 19.1 Å². The number of halogens is 1. The van der Waals surface area contributed by atoms with Gasteiger partial charge in [0, 0.05) is 4.47 Å². The van der Waals surface area contributed by atoms with Crippen LogP contribution in [0.1, 0.15) is 11.1 Å². The van der Waals surface area contributed by atoms with Crippen LogP contribution in [0.15, 0.2) is 88.9 Å². The second-order valence-corrected chi connectivity index (χ2v) is 7.69. The molecule has 31 heavy (non-hydrogen) atoms. The summed E-state index contributed by atoms with van der Waals surface area (Å²) in [5.41, 5.74) is 1.93. The number of rotatable bonds is 5. The number of amides is 4. The fourth-order valence-corrected chi connectivity index (χ4v) is 3.31. The molecule has 6 nitrogen and oxygen atoms in total. The van der Waals surface area contributed by atoms with Crippen molar-refractivity contribution in [2.45, 2.75) is 6.61 Å². The van der Waals surface area contributed by atoms with Crippen LogP contribution in [0.5, 0.6) is 5.75 Å². The summed E-state index contributed by atoms with van der Waals surface area (Å²) in [7, 11) is 0. The van der Waals surface area contributed by atoms with Gasteiger partial charge in [-0.25, -0.2) is 9.69 Å². The van der Waals surface area contributed by atoms with E-state index < -0.39 is 17.8 Å². The molecule has 154 valence electrons. The third-order valence-corrected chi connectivity index (χ3v) is 5.15. The van der Waals surface area contributed by atoms with Crippen LogP contribution >= 0.6 is 15.9 Å². The Hall–Kier alpha value is -3.71. The fourth-order valence-electron chi connectivity index (χ4n) is 3.05. The van der Waals surface area contributed by atoms with Crippen LogP contribution in [0.25, 0.3) is 6.08 Å². The molecule has 4 rings (SSSR count). The van der Waals surface area contributed by atoms with Crippen LogP contribution in [0.4, 0.5) is 10.5 Å². The first-order valence-corrected chi connectivity index (χ1v) is 10.2. The molecule has 0 spiro atoms. The number of urea groups is 1. The van der Waals surface area contributed by atoms with Gasteiger partial charge in [0.2, 0.25) is 0 Å². The van der Waals surface area contributed by atoms with E-state index in [2.05, 4.69) is 21.2 Å². The molecule has 0 atom stereocenters. The Kier molecular flexibility index (Phi) is 5.95. The first kappa shape index (κ1) is 20.6. The minimum absolute atomic E-state index is 0.125. The second-order valence-electron chi connectivity index (χ2n) is 6.78. The number of nitrogens with one attached hydrogen (secondary N) is 1. The predicted molar refractivity (Wildman–Crippen MR) is 120 cm³/mol. The summed E-state index contributed by atoms with van der Waals surface area (Å²) in [6.45, 7) is 0.437. The Balaban J connectivity index is 1.52. The molecule has 0 aromatic heterocycles. The van der Waals surface area contributed by atoms with Crippen molar-refractivity contribution >= 4 is 45.5 Å². The van der Waals surface area contributed by atoms with E-state index in [9.17, 15) is 14.4 Å². The third-order valence-electron chi connectivity index (χ3n) is 4.63. The number of carbonyl (C=O) groups excluding carboxylic acids is 3. The largest absolute Gasteiger partial charge is 0.489 e. The van der Waals surface area contributed by atoms with E-state index in [0.29, 0.717) is 23.6 Å². The zero-order valence-electron chi connectivity index (χ0n) is 16.2. The lowest BCUT2D eigenvalue weighted by Crippen LogP contribution is -2.54. The van der Waals surface area contributed by atoms with Gasteiger partial charge in [0.15, 0.2) is 0 Å². The molecule has 0 aliphatic carbocycles. The zero-order chi connectivity index (χ0) is 21.8. The summed E-state index contributed by atoms with van der Waals surface area (Å²) >= 11 is 3.32. The monoisotopic (exact) mass is 476 g/mol. The second kappa shape index (κ2) is 8.97. The number of anilines is 1. The van der Waals surface area contributed by atoms with Crippen molar-refractivity contribution in [3.63, 3.8) is 0 Å². The molecule has 1 aliphatic rings. The molecule has 0 radical (unpaired) electrons. The highest BCUT2D eigenvalue weighted by Gasteiger charge is 2.36. The molecule has 1 fully saturated rings. The van der Waals surface area contributed by atoms with Gasteiger partial charge in [0.1, 0.15) is 17.9 Å². The van der Waals surface area contributed by atoms with Gasteiger partial charge < -0.3 is 4.74 Å². The maximum atomic E-state index is 12.9. The Morgan fingerprint density at radius 2 is 1.55 bits per heavy atom. The first-order valence-electron chi connectivity index (χ1n) is 9.45. The number of hydrogen-bond acceptors (Lipinski definition) is 4. The molecule has 3 aromatic carbocycles. The van der Waals surface area contributed by atoms with Gasteiger partial charge in [0.25, 0.3) is 11.8 Å². The molecule has 0 bridgehead atoms. The Bertz CT molecular complexity index is 1160. The topological polar surface area (TPSA) is 75.7 Å². The number of benzene rings is 3. The average molecular weight is 477 g/mol. The van der Waals surface area contributed by atoms with Gasteiger partial charge in [-0.05, 0) is 53.6 Å². The SMILES string of the molecule is O=C1NC(=O)N(c2ccc(Br)cc2)C(=O)/C1=C\c1ccc(OCc2ccccc2)cc1. The molecular formula is C24H17BrN2O4. The smallest absolute Gasteiger partial charge is 0.335 e. The van der Waals surface area contributed by atoms with Crippen molar-refractivity contribution in [2.24, 2.45) is 0 Å². The van der Waals surface area contributed by atoms with E-state index in [4.69, 9.17) is 4.74 Å². The number of carbonyl (C=O) groups is 3. The molecule has 0 saturated carbocycles. The lowest BCUT2D eigenvalue weighted by atomic mass is 10.1. The molecule has 1 N–H and O–H groups in total. The van der Waals surface area contributed by atoms with Crippen molar-refractivity contribution in [3.8, 4) is 5.75 Å². The molecule has 3 aromatic rings. The highest BCUT2D eigenvalue weighted by molar-refractivity contribution is 9.10. The van der Waals surface area contributed by atoms with E-state index in [-0.39, 0.29) is 5.57 Å². The summed E-state index contributed by atoms with van der Waals surface area (Å²) in [6, 6.07) is 22.7. The molecule has 0 unspecified atom stereocenters. The first-order chi connectivity index (χ1) is 15.0. The van der Waals surface area contributed by atoms with E-state index in [1.165, 1.54) is 6.08 Å². The molecule has 7 heteroatoms. The number of barbiturate groups is 1. The van der Waals surface area contributed by atoms with Crippen LogP contribution < -0.4 is 15.0 Å². The highest BCUT2D eigenvalue weighted by atomic mass is 79.9. The van der Waals surface area contributed by atoms with Crippen molar-refractivity contribution in [3.05, 3.63) is 100 Å². The minimum Gasteiger partial charge on any atom is -0.489 e. The maximum absolute atomic E-state index is 12.9. The maximum Gasteiger partial charge on any atom is 0.335 e. The lowest BCUT2D eigenvalue weighted by Gasteiger charge is -2.26. The van der Waals surface area contributed by atoms with Gasteiger partial charge in [-0.1, -0.05) is 58.4 Å². The molecule has 1 aliphatic heterocycles. The van der Waals surface area contributed by atoms with Gasteiger partial charge in [-0.3, -0.25) is 14.9 Å². The van der Waals surface area contributed by atoms with Crippen molar-refractivity contribution in [1.29, 1.82) is 0 Å². The standard InChI is InChI=1S/C24H17BrN2O4/c25-18-8-10-19(11-9-18)27-23(29)21(22(28)26-24(27)30)14-16-6-12-20(13-7-16)31-15-17-4-2-1-3-5-17/h1-14H,15H2,(H,26,28,30)/b21-14-. The summed E-state index contributed by atoms with van der Waals surface area (Å²) in [4.78, 5) is 38.4. The van der Waals surface area contributed by atoms with Crippen LogP contribution in [0, 0.1) is 0 Å². The lowest BCUT2D eigenvalue weighted by molar-refractivity contribution is -0.122. The van der Waals surface area contributed by atoms with Crippen LogP contribution in [-0.4, -0.2) is 17.8 Å². The quantitative estimate of drug-likeness (QED) is 0.427. The van der Waals surface area contributed by atoms with Crippen LogP contribution in [0.3, 0.4) is 0 Å². The van der Waals surface area contributed by atoms with Gasteiger partial charge in [-0.15, -0.1) is 0 Å². The fraction of sp³-hybridized carbons (Fsp3) is 0.0417. The van der Waals surface area contributed by atoms with E-state index in [1.807, 2.05) is 30.3 Å².